The van der Waals surface area contributed by atoms with Crippen molar-refractivity contribution in [2.45, 2.75) is 6.54 Å². The van der Waals surface area contributed by atoms with Gasteiger partial charge in [-0.25, -0.2) is 4.57 Å². The minimum Gasteiger partial charge on any atom is -0.307 e. The number of aryl methyl sites for hydroxylation is 1. The van der Waals surface area contributed by atoms with Gasteiger partial charge >= 0.3 is 0 Å². The molecule has 0 radical (unpaired) electrons. The van der Waals surface area contributed by atoms with E-state index in [0.29, 0.717) is 17.7 Å². The van der Waals surface area contributed by atoms with E-state index in [-0.39, 0.29) is 0 Å². The Hall–Kier alpha value is -3.47. The van der Waals surface area contributed by atoms with Gasteiger partial charge in [0.2, 0.25) is 5.52 Å². The predicted molar refractivity (Wildman–Crippen MR) is 100 cm³/mol. The van der Waals surface area contributed by atoms with Crippen molar-refractivity contribution in [1.29, 1.82) is 0 Å². The van der Waals surface area contributed by atoms with E-state index in [4.69, 9.17) is 4.11 Å². The Morgan fingerprint density at radius 2 is 1.88 bits per heavy atom. The summed E-state index contributed by atoms with van der Waals surface area (Å²) in [4.78, 5) is 8.56. The van der Waals surface area contributed by atoms with Crippen LogP contribution in [-0.2, 0) is 13.5 Å². The molecule has 0 fully saturated rings. The van der Waals surface area contributed by atoms with Gasteiger partial charge in [0.15, 0.2) is 0 Å². The van der Waals surface area contributed by atoms with Crippen LogP contribution in [0.5, 0.6) is 0 Å². The molecule has 0 amide bonds. The first-order valence-corrected chi connectivity index (χ1v) is 8.47. The van der Waals surface area contributed by atoms with Crippen molar-refractivity contribution >= 4 is 22.1 Å². The van der Waals surface area contributed by atoms with Gasteiger partial charge in [-0.2, -0.15) is 4.57 Å². The Morgan fingerprint density at radius 1 is 1.04 bits per heavy atom. The predicted octanol–water partition coefficient (Wildman–Crippen LogP) is 3.23. The molecule has 0 spiro atoms. The quantitative estimate of drug-likeness (QED) is 0.431. The second kappa shape index (κ2) is 4.79. The third-order valence-corrected chi connectivity index (χ3v) is 5.15. The average Bonchev–Trinajstić information content (AvgIpc) is 3.34. The molecule has 0 unspecified atom stereocenters. The lowest BCUT2D eigenvalue weighted by Crippen LogP contribution is -2.31. The zero-order valence-electron chi connectivity index (χ0n) is 16.8. The number of aromatic nitrogens is 5. The van der Waals surface area contributed by atoms with Crippen LogP contribution in [0.2, 0.25) is 0 Å². The molecule has 6 rings (SSSR count). The Balaban J connectivity index is 1.89. The molecule has 5 heteroatoms. The fraction of sp³-hybridized carbons (Fsp3) is 0.0952. The van der Waals surface area contributed by atoms with E-state index in [1.165, 1.54) is 4.57 Å². The molecule has 0 N–H and O–H groups in total. The molecule has 26 heavy (non-hydrogen) atoms. The second-order valence-electron chi connectivity index (χ2n) is 6.51. The minimum absolute atomic E-state index is 0.643. The molecular formula is C21H16N5+. The van der Waals surface area contributed by atoms with E-state index in [0.717, 1.165) is 33.5 Å². The highest BCUT2D eigenvalue weighted by atomic mass is 15.3. The molecular weight excluding hydrogens is 322 g/mol. The Morgan fingerprint density at radius 3 is 2.77 bits per heavy atom. The van der Waals surface area contributed by atoms with Crippen LogP contribution in [0, 0.1) is 0 Å². The normalized spacial score (nSPS) is 14.8. The van der Waals surface area contributed by atoms with Crippen molar-refractivity contribution in [2.75, 3.05) is 0 Å². The van der Waals surface area contributed by atoms with Gasteiger partial charge < -0.3 is 4.57 Å². The van der Waals surface area contributed by atoms with Crippen LogP contribution in [-0.4, -0.2) is 19.1 Å². The fourth-order valence-electron chi connectivity index (χ4n) is 4.09. The van der Waals surface area contributed by atoms with E-state index < -0.39 is 6.98 Å². The van der Waals surface area contributed by atoms with Crippen molar-refractivity contribution in [3.05, 3.63) is 72.8 Å². The number of rotatable bonds is 1. The van der Waals surface area contributed by atoms with E-state index >= 15 is 0 Å². The highest BCUT2D eigenvalue weighted by Crippen LogP contribution is 2.36. The summed E-state index contributed by atoms with van der Waals surface area (Å²) in [6.45, 7) is -1.69. The summed E-state index contributed by atoms with van der Waals surface area (Å²) in [5, 5.41) is 0.829. The maximum atomic E-state index is 8.26. The molecule has 1 aliphatic rings. The highest BCUT2D eigenvalue weighted by Gasteiger charge is 2.38. The molecule has 1 aromatic carbocycles. The summed E-state index contributed by atoms with van der Waals surface area (Å²) in [5.41, 5.74) is 5.27. The summed E-state index contributed by atoms with van der Waals surface area (Å²) in [6.07, 6.45) is 7.05. The molecule has 4 aromatic heterocycles. The monoisotopic (exact) mass is 341 g/mol. The number of para-hydroxylation sites is 1. The van der Waals surface area contributed by atoms with Crippen LogP contribution in [0.25, 0.3) is 39.1 Å². The second-order valence-corrected chi connectivity index (χ2v) is 6.51. The number of benzene rings is 1. The van der Waals surface area contributed by atoms with Gasteiger partial charge in [0.05, 0.1) is 16.5 Å². The number of hydrogen-bond donors (Lipinski definition) is 0. The van der Waals surface area contributed by atoms with Gasteiger partial charge in [0, 0.05) is 41.4 Å². The smallest absolute Gasteiger partial charge is 0.297 e. The summed E-state index contributed by atoms with van der Waals surface area (Å²) < 4.78 is 30.5. The first-order chi connectivity index (χ1) is 14.1. The molecule has 0 aliphatic carbocycles. The summed E-state index contributed by atoms with van der Waals surface area (Å²) >= 11 is 0. The average molecular weight is 341 g/mol. The maximum Gasteiger partial charge on any atom is 0.297 e. The first kappa shape index (κ1) is 11.2. The van der Waals surface area contributed by atoms with Gasteiger partial charge in [-0.1, -0.05) is 18.2 Å². The maximum absolute atomic E-state index is 8.26. The van der Waals surface area contributed by atoms with Gasteiger partial charge in [-0.05, 0) is 24.3 Å². The SMILES string of the molecule is [2H]C([2H])([2H])n1c2ccncc2c2c1n(-c1ccccc1)c1[n+]2Cc2cnccc2-1. The lowest BCUT2D eigenvalue weighted by atomic mass is 10.1. The highest BCUT2D eigenvalue weighted by molar-refractivity contribution is 6.04. The zero-order valence-corrected chi connectivity index (χ0v) is 13.8. The van der Waals surface area contributed by atoms with Gasteiger partial charge in [0.1, 0.15) is 12.2 Å². The standard InChI is InChI=1S/C21H16N5/c1-24-18-8-10-23-12-17(18)19-21(24)26(15-5-3-2-4-6-15)20-16-7-9-22-11-14(16)13-25(19)20/h2-12H,13H2,1H3/q+1/i1D3. The van der Waals surface area contributed by atoms with Crippen molar-refractivity contribution in [2.24, 2.45) is 6.98 Å². The van der Waals surface area contributed by atoms with E-state index in [1.54, 1.807) is 24.7 Å². The van der Waals surface area contributed by atoms with Crippen molar-refractivity contribution in [3.63, 3.8) is 0 Å². The lowest BCUT2D eigenvalue weighted by molar-refractivity contribution is -0.645. The lowest BCUT2D eigenvalue weighted by Gasteiger charge is -2.03. The molecule has 0 atom stereocenters. The van der Waals surface area contributed by atoms with Crippen LogP contribution in [0.3, 0.4) is 0 Å². The molecule has 0 saturated heterocycles. The van der Waals surface area contributed by atoms with Crippen LogP contribution in [0.4, 0.5) is 0 Å². The van der Waals surface area contributed by atoms with Crippen LogP contribution >= 0.6 is 0 Å². The molecule has 5 heterocycles. The number of fused-ring (bicyclic) bond motifs is 7. The minimum atomic E-state index is -2.33. The Labute approximate surface area is 154 Å². The summed E-state index contributed by atoms with van der Waals surface area (Å²) in [5.74, 6) is 0.961. The molecule has 1 aliphatic heterocycles. The molecule has 5 aromatic rings. The van der Waals surface area contributed by atoms with E-state index in [2.05, 4.69) is 14.5 Å². The van der Waals surface area contributed by atoms with Gasteiger partial charge in [-0.3, -0.25) is 9.97 Å². The van der Waals surface area contributed by atoms with Crippen molar-refractivity contribution in [1.82, 2.24) is 19.1 Å². The molecule has 5 nitrogen and oxygen atoms in total. The summed E-state index contributed by atoms with van der Waals surface area (Å²) in [6, 6.07) is 13.6. The Kier molecular flexibility index (Phi) is 2.06. The molecule has 0 saturated carbocycles. The van der Waals surface area contributed by atoms with E-state index in [9.17, 15) is 0 Å². The number of imidazole rings is 1. The first-order valence-electron chi connectivity index (χ1n) is 9.97. The third-order valence-electron chi connectivity index (χ3n) is 5.15. The Bertz CT molecular complexity index is 1410. The van der Waals surface area contributed by atoms with Gasteiger partial charge in [-0.15, -0.1) is 0 Å². The summed E-state index contributed by atoms with van der Waals surface area (Å²) in [7, 11) is 0. The van der Waals surface area contributed by atoms with Crippen LogP contribution in [0.1, 0.15) is 9.68 Å². The fourth-order valence-corrected chi connectivity index (χ4v) is 4.09. The van der Waals surface area contributed by atoms with Gasteiger partial charge in [0.25, 0.3) is 11.5 Å². The number of nitrogens with zero attached hydrogens (tertiary/aromatic N) is 5. The van der Waals surface area contributed by atoms with E-state index in [1.807, 2.05) is 47.2 Å². The number of hydrogen-bond acceptors (Lipinski definition) is 2. The van der Waals surface area contributed by atoms with Crippen LogP contribution < -0.4 is 4.57 Å². The van der Waals surface area contributed by atoms with Crippen molar-refractivity contribution < 1.29 is 8.68 Å². The topological polar surface area (TPSA) is 39.5 Å². The largest absolute Gasteiger partial charge is 0.307 e. The van der Waals surface area contributed by atoms with Crippen LogP contribution in [0.15, 0.2) is 67.3 Å². The third kappa shape index (κ3) is 1.57. The zero-order chi connectivity index (χ0) is 19.8. The van der Waals surface area contributed by atoms with Crippen molar-refractivity contribution in [3.8, 4) is 17.1 Å². The number of pyridine rings is 2. The molecule has 0 bridgehead atoms. The molecule has 124 valence electrons.